The summed E-state index contributed by atoms with van der Waals surface area (Å²) in [5, 5.41) is 3.26. The SMILES string of the molecule is Cc1cccc(CN(C(=O)CN(c2cccc(Cl)c2C)S(C)(=O)=O)[C@@H](C)C(=O)NCC(C)C)c1. The predicted octanol–water partition coefficient (Wildman–Crippen LogP) is 3.91. The zero-order valence-corrected chi connectivity index (χ0v) is 22.2. The third kappa shape index (κ3) is 7.46. The largest absolute Gasteiger partial charge is 0.354 e. The second-order valence-corrected chi connectivity index (χ2v) is 11.3. The fraction of sp³-hybridized carbons (Fsp3) is 0.440. The minimum atomic E-state index is -3.81. The van der Waals surface area contributed by atoms with Crippen LogP contribution in [0.25, 0.3) is 0 Å². The summed E-state index contributed by atoms with van der Waals surface area (Å²) in [6, 6.07) is 11.8. The normalized spacial score (nSPS) is 12.4. The van der Waals surface area contributed by atoms with Crippen molar-refractivity contribution >= 4 is 39.1 Å². The molecule has 0 aliphatic heterocycles. The van der Waals surface area contributed by atoms with E-state index in [1.807, 2.05) is 45.0 Å². The first-order valence-corrected chi connectivity index (χ1v) is 13.4. The van der Waals surface area contributed by atoms with Crippen molar-refractivity contribution in [1.29, 1.82) is 0 Å². The molecule has 9 heteroatoms. The number of rotatable bonds is 10. The van der Waals surface area contributed by atoms with Gasteiger partial charge < -0.3 is 10.2 Å². The lowest BCUT2D eigenvalue weighted by Gasteiger charge is -2.32. The summed E-state index contributed by atoms with van der Waals surface area (Å²) < 4.78 is 26.4. The minimum absolute atomic E-state index is 0.170. The van der Waals surface area contributed by atoms with Crippen molar-refractivity contribution in [3.05, 3.63) is 64.2 Å². The van der Waals surface area contributed by atoms with E-state index in [4.69, 9.17) is 11.6 Å². The molecule has 0 saturated heterocycles. The quantitative estimate of drug-likeness (QED) is 0.528. The summed E-state index contributed by atoms with van der Waals surface area (Å²) in [5.41, 5.74) is 2.75. The zero-order valence-electron chi connectivity index (χ0n) is 20.6. The number of nitrogens with one attached hydrogen (secondary N) is 1. The summed E-state index contributed by atoms with van der Waals surface area (Å²) in [6.45, 7) is 9.46. The van der Waals surface area contributed by atoms with Crippen LogP contribution < -0.4 is 9.62 Å². The first kappa shape index (κ1) is 27.7. The van der Waals surface area contributed by atoms with Crippen molar-refractivity contribution in [3.8, 4) is 0 Å². The molecule has 2 aromatic rings. The van der Waals surface area contributed by atoms with E-state index in [1.165, 1.54) is 4.90 Å². The second kappa shape index (κ2) is 11.7. The fourth-order valence-electron chi connectivity index (χ4n) is 3.50. The van der Waals surface area contributed by atoms with Crippen LogP contribution in [0.15, 0.2) is 42.5 Å². The van der Waals surface area contributed by atoms with Crippen LogP contribution in [-0.2, 0) is 26.2 Å². The smallest absolute Gasteiger partial charge is 0.244 e. The number of amides is 2. The van der Waals surface area contributed by atoms with Gasteiger partial charge in [-0.2, -0.15) is 0 Å². The molecule has 0 aliphatic carbocycles. The lowest BCUT2D eigenvalue weighted by atomic mass is 10.1. The lowest BCUT2D eigenvalue weighted by Crippen LogP contribution is -2.51. The molecular formula is C25H34ClN3O4S. The lowest BCUT2D eigenvalue weighted by molar-refractivity contribution is -0.139. The van der Waals surface area contributed by atoms with E-state index in [-0.39, 0.29) is 18.4 Å². The number of nitrogens with zero attached hydrogens (tertiary/aromatic N) is 2. The Kier molecular flexibility index (Phi) is 9.53. The Balaban J connectivity index is 2.41. The highest BCUT2D eigenvalue weighted by molar-refractivity contribution is 7.92. The predicted molar refractivity (Wildman–Crippen MR) is 137 cm³/mol. The topological polar surface area (TPSA) is 86.8 Å². The third-order valence-electron chi connectivity index (χ3n) is 5.47. The van der Waals surface area contributed by atoms with Crippen LogP contribution in [0.1, 0.15) is 37.5 Å². The number of benzene rings is 2. The minimum Gasteiger partial charge on any atom is -0.354 e. The van der Waals surface area contributed by atoms with Crippen LogP contribution in [0.4, 0.5) is 5.69 Å². The number of hydrogen-bond acceptors (Lipinski definition) is 4. The molecule has 34 heavy (non-hydrogen) atoms. The van der Waals surface area contributed by atoms with Gasteiger partial charge in [-0.15, -0.1) is 0 Å². The fourth-order valence-corrected chi connectivity index (χ4v) is 4.57. The molecule has 0 unspecified atom stereocenters. The molecule has 0 radical (unpaired) electrons. The molecule has 186 valence electrons. The van der Waals surface area contributed by atoms with E-state index in [0.717, 1.165) is 21.7 Å². The number of halogens is 1. The molecule has 0 fully saturated rings. The maximum absolute atomic E-state index is 13.6. The number of hydrogen-bond donors (Lipinski definition) is 1. The van der Waals surface area contributed by atoms with Crippen molar-refractivity contribution in [3.63, 3.8) is 0 Å². The number of anilines is 1. The van der Waals surface area contributed by atoms with Gasteiger partial charge in [0.25, 0.3) is 0 Å². The third-order valence-corrected chi connectivity index (χ3v) is 7.01. The van der Waals surface area contributed by atoms with Crippen LogP contribution in [0, 0.1) is 19.8 Å². The molecular weight excluding hydrogens is 474 g/mol. The highest BCUT2D eigenvalue weighted by Crippen LogP contribution is 2.28. The van der Waals surface area contributed by atoms with Crippen molar-refractivity contribution < 1.29 is 18.0 Å². The van der Waals surface area contributed by atoms with Gasteiger partial charge in [0.15, 0.2) is 0 Å². The van der Waals surface area contributed by atoms with Gasteiger partial charge in [0.1, 0.15) is 12.6 Å². The van der Waals surface area contributed by atoms with Crippen molar-refractivity contribution in [2.45, 2.75) is 47.2 Å². The summed E-state index contributed by atoms with van der Waals surface area (Å²) in [5.74, 6) is -0.526. The van der Waals surface area contributed by atoms with E-state index in [9.17, 15) is 18.0 Å². The summed E-state index contributed by atoms with van der Waals surface area (Å²) in [4.78, 5) is 27.8. The van der Waals surface area contributed by atoms with Gasteiger partial charge in [-0.25, -0.2) is 8.42 Å². The number of carbonyl (C=O) groups is 2. The molecule has 2 aromatic carbocycles. The van der Waals surface area contributed by atoms with Crippen LogP contribution >= 0.6 is 11.6 Å². The summed E-state index contributed by atoms with van der Waals surface area (Å²) >= 11 is 6.21. The molecule has 0 heterocycles. The first-order valence-electron chi connectivity index (χ1n) is 11.2. The molecule has 0 saturated carbocycles. The van der Waals surface area contributed by atoms with Gasteiger partial charge in [0.05, 0.1) is 11.9 Å². The number of aryl methyl sites for hydroxylation is 1. The van der Waals surface area contributed by atoms with Crippen LogP contribution in [-0.4, -0.2) is 50.5 Å². The van der Waals surface area contributed by atoms with Gasteiger partial charge in [0.2, 0.25) is 21.8 Å². The monoisotopic (exact) mass is 507 g/mol. The van der Waals surface area contributed by atoms with Gasteiger partial charge in [-0.3, -0.25) is 13.9 Å². The maximum Gasteiger partial charge on any atom is 0.244 e. The molecule has 0 spiro atoms. The summed E-state index contributed by atoms with van der Waals surface area (Å²) in [6.07, 6.45) is 1.05. The van der Waals surface area contributed by atoms with Gasteiger partial charge >= 0.3 is 0 Å². The molecule has 7 nitrogen and oxygen atoms in total. The molecule has 0 bridgehead atoms. The maximum atomic E-state index is 13.6. The number of sulfonamides is 1. The van der Waals surface area contributed by atoms with Gasteiger partial charge in [-0.05, 0) is 49.9 Å². The van der Waals surface area contributed by atoms with Crippen LogP contribution in [0.5, 0.6) is 0 Å². The van der Waals surface area contributed by atoms with Crippen molar-refractivity contribution in [2.24, 2.45) is 5.92 Å². The van der Waals surface area contributed by atoms with Crippen molar-refractivity contribution in [1.82, 2.24) is 10.2 Å². The summed E-state index contributed by atoms with van der Waals surface area (Å²) in [7, 11) is -3.81. The van der Waals surface area contributed by atoms with Gasteiger partial charge in [0, 0.05) is 18.1 Å². The first-order chi connectivity index (χ1) is 15.8. The van der Waals surface area contributed by atoms with Crippen LogP contribution in [0.3, 0.4) is 0 Å². The van der Waals surface area contributed by atoms with E-state index < -0.39 is 28.5 Å². The molecule has 1 N–H and O–H groups in total. The van der Waals surface area contributed by atoms with E-state index in [0.29, 0.717) is 22.8 Å². The van der Waals surface area contributed by atoms with E-state index in [1.54, 1.807) is 32.0 Å². The Morgan fingerprint density at radius 3 is 2.29 bits per heavy atom. The molecule has 0 aliphatic rings. The molecule has 0 aromatic heterocycles. The van der Waals surface area contributed by atoms with Gasteiger partial charge in [-0.1, -0.05) is 61.3 Å². The Morgan fingerprint density at radius 2 is 1.71 bits per heavy atom. The molecule has 2 amide bonds. The van der Waals surface area contributed by atoms with Crippen molar-refractivity contribution in [2.75, 3.05) is 23.7 Å². The van der Waals surface area contributed by atoms with Crippen LogP contribution in [0.2, 0.25) is 5.02 Å². The Bertz CT molecular complexity index is 1130. The Hall–Kier alpha value is -2.58. The van der Waals surface area contributed by atoms with E-state index in [2.05, 4.69) is 5.32 Å². The second-order valence-electron chi connectivity index (χ2n) is 8.98. The highest BCUT2D eigenvalue weighted by Gasteiger charge is 2.30. The zero-order chi connectivity index (χ0) is 25.6. The molecule has 2 rings (SSSR count). The average molecular weight is 508 g/mol. The highest BCUT2D eigenvalue weighted by atomic mass is 35.5. The Morgan fingerprint density at radius 1 is 1.06 bits per heavy atom. The average Bonchev–Trinajstić information content (AvgIpc) is 2.75. The standard InChI is InChI=1S/C25H34ClN3O4S/c1-17(2)14-27-25(31)20(5)28(15-21-10-7-9-18(3)13-21)24(30)16-29(34(6,32)33)23-12-8-11-22(26)19(23)4/h7-13,17,20H,14-16H2,1-6H3,(H,27,31)/t20-/m0/s1. The van der Waals surface area contributed by atoms with E-state index >= 15 is 0 Å². The molecule has 1 atom stereocenters. The Labute approximate surface area is 208 Å². The number of carbonyl (C=O) groups excluding carboxylic acids is 2.